The second kappa shape index (κ2) is 9.29. The predicted molar refractivity (Wildman–Crippen MR) is 133 cm³/mol. The highest BCUT2D eigenvalue weighted by atomic mass is 32.2. The van der Waals surface area contributed by atoms with Crippen LogP contribution in [0.25, 0.3) is 6.08 Å². The number of benzene rings is 3. The number of ether oxygens (including phenoxy) is 1. The van der Waals surface area contributed by atoms with Gasteiger partial charge in [0.25, 0.3) is 5.91 Å². The Morgan fingerprint density at radius 3 is 2.35 bits per heavy atom. The van der Waals surface area contributed by atoms with E-state index in [1.807, 2.05) is 36.4 Å². The highest BCUT2D eigenvalue weighted by Gasteiger charge is 2.35. The molecule has 7 nitrogen and oxygen atoms in total. The molecule has 0 fully saturated rings. The van der Waals surface area contributed by atoms with Crippen molar-refractivity contribution in [2.24, 2.45) is 10.1 Å². The van der Waals surface area contributed by atoms with Crippen LogP contribution >= 0.6 is 11.8 Å². The Labute approximate surface area is 200 Å². The molecule has 3 aromatic carbocycles. The molecule has 0 saturated carbocycles. The van der Waals surface area contributed by atoms with Crippen LogP contribution in [0.1, 0.15) is 21.5 Å². The highest BCUT2D eigenvalue weighted by molar-refractivity contribution is 8.26. The van der Waals surface area contributed by atoms with E-state index in [1.54, 1.807) is 54.6 Å². The Balaban J connectivity index is 1.31. The molecule has 0 spiro atoms. The van der Waals surface area contributed by atoms with Gasteiger partial charge in [-0.1, -0.05) is 60.7 Å². The molecule has 5 rings (SSSR count). The quantitative estimate of drug-likeness (QED) is 0.332. The molecule has 1 amide bonds. The number of hydrazone groups is 1. The lowest BCUT2D eigenvalue weighted by Crippen LogP contribution is -2.35. The highest BCUT2D eigenvalue weighted by Crippen LogP contribution is 2.29. The third-order valence-corrected chi connectivity index (χ3v) is 6.01. The van der Waals surface area contributed by atoms with Crippen LogP contribution in [0.4, 0.5) is 0 Å². The van der Waals surface area contributed by atoms with Crippen molar-refractivity contribution in [3.63, 3.8) is 0 Å². The number of nitrogens with one attached hydrogen (secondary N) is 1. The largest absolute Gasteiger partial charge is 0.423 e. The van der Waals surface area contributed by atoms with Crippen LogP contribution in [0, 0.1) is 5.41 Å². The fraction of sp³-hybridized carbons (Fsp3) is 0.0385. The number of aliphatic imine (C=N–C) groups is 1. The minimum Gasteiger partial charge on any atom is -0.423 e. The summed E-state index contributed by atoms with van der Waals surface area (Å²) in [6.07, 6.45) is 2.19. The van der Waals surface area contributed by atoms with Gasteiger partial charge < -0.3 is 4.74 Å². The number of carbonyl (C=O) groups excluding carboxylic acids is 2. The van der Waals surface area contributed by atoms with Crippen molar-refractivity contribution in [2.75, 3.05) is 0 Å². The van der Waals surface area contributed by atoms with Crippen LogP contribution in [0.15, 0.2) is 101 Å². The summed E-state index contributed by atoms with van der Waals surface area (Å²) in [4.78, 5) is 29.0. The monoisotopic (exact) mass is 466 g/mol. The molecule has 3 aromatic rings. The molecule has 2 aliphatic rings. The van der Waals surface area contributed by atoms with E-state index in [9.17, 15) is 9.59 Å². The topological polar surface area (TPSA) is 95.2 Å². The maximum Gasteiger partial charge on any atom is 0.343 e. The lowest BCUT2D eigenvalue weighted by molar-refractivity contribution is -0.114. The second-order valence-corrected chi connectivity index (χ2v) is 8.54. The van der Waals surface area contributed by atoms with E-state index in [2.05, 4.69) is 10.1 Å². The third kappa shape index (κ3) is 4.57. The second-order valence-electron chi connectivity index (χ2n) is 7.50. The first-order valence-corrected chi connectivity index (χ1v) is 11.3. The molecule has 0 aromatic heterocycles. The molecule has 0 aliphatic carbocycles. The van der Waals surface area contributed by atoms with Crippen molar-refractivity contribution in [3.8, 4) is 5.75 Å². The van der Waals surface area contributed by atoms with Gasteiger partial charge >= 0.3 is 5.97 Å². The van der Waals surface area contributed by atoms with Crippen LogP contribution in [0.3, 0.4) is 0 Å². The van der Waals surface area contributed by atoms with Crippen LogP contribution in [0.5, 0.6) is 5.75 Å². The maximum atomic E-state index is 12.6. The Morgan fingerprint density at radius 1 is 0.971 bits per heavy atom. The van der Waals surface area contributed by atoms with E-state index < -0.39 is 11.9 Å². The van der Waals surface area contributed by atoms with Crippen molar-refractivity contribution >= 4 is 45.8 Å². The number of thioether (sulfide) groups is 1. The smallest absolute Gasteiger partial charge is 0.343 e. The molecule has 34 heavy (non-hydrogen) atoms. The molecular weight excluding hydrogens is 448 g/mol. The van der Waals surface area contributed by atoms with Gasteiger partial charge in [-0.3, -0.25) is 10.2 Å². The van der Waals surface area contributed by atoms with E-state index in [0.29, 0.717) is 28.5 Å². The first kappa shape index (κ1) is 21.5. The molecule has 0 saturated heterocycles. The number of amides is 1. The van der Waals surface area contributed by atoms with Crippen molar-refractivity contribution in [3.05, 3.63) is 107 Å². The number of esters is 1. The van der Waals surface area contributed by atoms with E-state index in [-0.39, 0.29) is 11.4 Å². The van der Waals surface area contributed by atoms with Crippen molar-refractivity contribution in [1.82, 2.24) is 5.01 Å². The van der Waals surface area contributed by atoms with Gasteiger partial charge in [-0.05, 0) is 53.2 Å². The van der Waals surface area contributed by atoms with Crippen LogP contribution in [-0.2, 0) is 11.2 Å². The number of amidine groups is 2. The third-order valence-electron chi connectivity index (χ3n) is 5.11. The Kier molecular flexibility index (Phi) is 5.88. The summed E-state index contributed by atoms with van der Waals surface area (Å²) in [5, 5.41) is 15.6. The van der Waals surface area contributed by atoms with Gasteiger partial charge in [0.2, 0.25) is 5.17 Å². The van der Waals surface area contributed by atoms with Gasteiger partial charge in [0.1, 0.15) is 10.8 Å². The summed E-state index contributed by atoms with van der Waals surface area (Å²) in [6, 6.07) is 25.3. The van der Waals surface area contributed by atoms with Gasteiger partial charge in [0, 0.05) is 6.42 Å². The Morgan fingerprint density at radius 2 is 1.65 bits per heavy atom. The molecule has 0 bridgehead atoms. The summed E-state index contributed by atoms with van der Waals surface area (Å²) in [6.45, 7) is 0. The summed E-state index contributed by atoms with van der Waals surface area (Å²) in [5.41, 5.74) is 2.37. The lowest BCUT2D eigenvalue weighted by Gasteiger charge is -2.20. The predicted octanol–water partition coefficient (Wildman–Crippen LogP) is 4.77. The average Bonchev–Trinajstić information content (AvgIpc) is 3.26. The molecule has 166 valence electrons. The summed E-state index contributed by atoms with van der Waals surface area (Å²) in [5.74, 6) is -0.578. The zero-order chi connectivity index (χ0) is 23.5. The molecule has 8 heteroatoms. The summed E-state index contributed by atoms with van der Waals surface area (Å²) >= 11 is 1.30. The SMILES string of the molecule is N=C1C(=Cc2ccc(OC(=O)c3ccccc3)cc2)C(=O)N=C2SC(Cc3ccccc3)=NN12. The maximum absolute atomic E-state index is 12.6. The van der Waals surface area contributed by atoms with Crippen molar-refractivity contribution < 1.29 is 14.3 Å². The van der Waals surface area contributed by atoms with Crippen molar-refractivity contribution in [1.29, 1.82) is 5.41 Å². The summed E-state index contributed by atoms with van der Waals surface area (Å²) in [7, 11) is 0. The molecule has 0 radical (unpaired) electrons. The van der Waals surface area contributed by atoms with Gasteiger partial charge in [0.05, 0.1) is 11.1 Å². The van der Waals surface area contributed by atoms with E-state index in [0.717, 1.165) is 10.6 Å². The van der Waals surface area contributed by atoms with Gasteiger partial charge in [-0.15, -0.1) is 0 Å². The normalized spacial score (nSPS) is 16.2. The molecule has 0 atom stereocenters. The van der Waals surface area contributed by atoms with E-state index in [1.165, 1.54) is 16.8 Å². The number of nitrogens with zero attached hydrogens (tertiary/aromatic N) is 3. The van der Waals surface area contributed by atoms with E-state index in [4.69, 9.17) is 10.1 Å². The minimum absolute atomic E-state index is 0.0230. The van der Waals surface area contributed by atoms with Gasteiger partial charge in [0.15, 0.2) is 5.84 Å². The van der Waals surface area contributed by atoms with Gasteiger partial charge in [-0.25, -0.2) is 4.79 Å². The molecule has 2 aliphatic heterocycles. The fourth-order valence-electron chi connectivity index (χ4n) is 3.41. The van der Waals surface area contributed by atoms with Crippen LogP contribution in [0.2, 0.25) is 0 Å². The first-order chi connectivity index (χ1) is 16.6. The number of fused-ring (bicyclic) bond motifs is 1. The minimum atomic E-state index is -0.487. The Hall–Kier alpha value is -4.30. The molecule has 2 heterocycles. The zero-order valence-electron chi connectivity index (χ0n) is 17.8. The first-order valence-electron chi connectivity index (χ1n) is 10.5. The number of carbonyl (C=O) groups is 2. The standard InChI is InChI=1S/C26H18N4O3S/c27-23-21(15-18-11-13-20(14-12-18)33-25(32)19-9-5-2-6-10-19)24(31)28-26-30(23)29-22(34-26)16-17-7-3-1-4-8-17/h1-15,27H,16H2. The Bertz CT molecular complexity index is 1360. The number of hydrogen-bond acceptors (Lipinski definition) is 6. The molecule has 1 N–H and O–H groups in total. The number of rotatable bonds is 5. The van der Waals surface area contributed by atoms with Crippen LogP contribution < -0.4 is 4.74 Å². The molecular formula is C26H18N4O3S. The van der Waals surface area contributed by atoms with Crippen molar-refractivity contribution in [2.45, 2.75) is 6.42 Å². The molecule has 0 unspecified atom stereocenters. The fourth-order valence-corrected chi connectivity index (χ4v) is 4.33. The zero-order valence-corrected chi connectivity index (χ0v) is 18.7. The number of hydrogen-bond donors (Lipinski definition) is 1. The van der Waals surface area contributed by atoms with Gasteiger partial charge in [-0.2, -0.15) is 15.1 Å². The van der Waals surface area contributed by atoms with E-state index >= 15 is 0 Å². The lowest BCUT2D eigenvalue weighted by atomic mass is 10.1. The average molecular weight is 467 g/mol. The summed E-state index contributed by atoms with van der Waals surface area (Å²) < 4.78 is 5.39. The van der Waals surface area contributed by atoms with Crippen LogP contribution in [-0.4, -0.2) is 32.9 Å².